The van der Waals surface area contributed by atoms with Gasteiger partial charge in [0.15, 0.2) is 0 Å². The van der Waals surface area contributed by atoms with Gasteiger partial charge in [-0.25, -0.2) is 0 Å². The summed E-state index contributed by atoms with van der Waals surface area (Å²) in [5, 5.41) is 0. The smallest absolute Gasteiger partial charge is 0.0475 e. The first kappa shape index (κ1) is 2.11. The van der Waals surface area contributed by atoms with Crippen molar-refractivity contribution in [2.45, 2.75) is 0 Å². The molecule has 0 aromatic carbocycles. The van der Waals surface area contributed by atoms with E-state index in [-0.39, 0.29) is 0 Å². The molecule has 2 rings (SSSR count). The van der Waals surface area contributed by atoms with Gasteiger partial charge in [-0.15, -0.1) is 4.21 Å². The van der Waals surface area contributed by atoms with Crippen LogP contribution in [0.3, 0.4) is 0 Å². The molecular weight excluding hydrogens is 107 g/mol. The summed E-state index contributed by atoms with van der Waals surface area (Å²) in [7, 11) is 3.30. The molecule has 0 aromatic rings. The Labute approximate surface area is 27.8 Å². The molecule has 0 saturated carbocycles. The maximum absolute atomic E-state index is 2.43. The van der Waals surface area contributed by atoms with Gasteiger partial charge in [0, 0.05) is 22.7 Å². The van der Waals surface area contributed by atoms with E-state index in [1.54, 1.807) is 16.0 Å². The molecule has 1 nitrogen and oxygen atoms in total. The number of hydrogen-bond donors (Lipinski definition) is 0. The molecule has 4 heavy (non-hydrogen) atoms. The summed E-state index contributed by atoms with van der Waals surface area (Å²) in [4.78, 5) is 0. The molecule has 0 aromatic heterocycles. The van der Waals surface area contributed by atoms with Gasteiger partial charge in [0.2, 0.25) is 0 Å². The van der Waals surface area contributed by atoms with Crippen molar-refractivity contribution in [3.8, 4) is 0 Å². The second-order valence-corrected chi connectivity index (χ2v) is 8.05. The summed E-state index contributed by atoms with van der Waals surface area (Å²) in [6.45, 7) is 0.574. The third-order valence-corrected chi connectivity index (χ3v) is 8.09. The minimum absolute atomic E-state index is 0.574. The molecule has 0 fully saturated rings. The van der Waals surface area contributed by atoms with Gasteiger partial charge in [-0.3, -0.25) is 0 Å². The fourth-order valence-corrected chi connectivity index (χ4v) is 4.94. The summed E-state index contributed by atoms with van der Waals surface area (Å²) in [6, 6.07) is 0. The minimum Gasteiger partial charge on any atom is -0.143 e. The van der Waals surface area contributed by atoms with Crippen molar-refractivity contribution in [1.82, 2.24) is 4.21 Å². The average Bonchev–Trinajstić information content (AvgIpc) is 1.36. The highest BCUT2D eigenvalue weighted by Gasteiger charge is 2.27. The lowest BCUT2D eigenvalue weighted by molar-refractivity contribution is 1.37. The molecule has 0 bridgehead atoms. The molecule has 2 aliphatic heterocycles. The lowest BCUT2D eigenvalue weighted by Crippen LogP contribution is -1.31. The Morgan fingerprint density at radius 3 is 1.75 bits per heavy atom. The Morgan fingerprint density at radius 1 is 1.50 bits per heavy atom. The fraction of sp³-hybridized carbons (Fsp3) is 0. The molecule has 0 aliphatic carbocycles. The molecule has 2 heterocycles. The number of hydrogen-bond acceptors (Lipinski definition) is 1. The van der Waals surface area contributed by atoms with E-state index < -0.39 is 0 Å². The van der Waals surface area contributed by atoms with Crippen LogP contribution in [0.4, 0.5) is 0 Å². The highest BCUT2D eigenvalue weighted by molar-refractivity contribution is 8.37. The third-order valence-electron chi connectivity index (χ3n) is 0.419. The van der Waals surface area contributed by atoms with Gasteiger partial charge < -0.3 is 0 Å². The molecule has 0 spiro atoms. The van der Waals surface area contributed by atoms with Crippen LogP contribution in [0.5, 0.6) is 0 Å². The zero-order chi connectivity index (χ0) is 2.57. The van der Waals surface area contributed by atoms with E-state index in [0.29, 0.717) is 6.65 Å². The molecular formula is NP3. The van der Waals surface area contributed by atoms with Crippen LogP contribution in [0.1, 0.15) is 0 Å². The summed E-state index contributed by atoms with van der Waals surface area (Å²) in [6.07, 6.45) is 0. The average molecular weight is 107 g/mol. The van der Waals surface area contributed by atoms with E-state index in [4.69, 9.17) is 0 Å². The minimum atomic E-state index is 0.574. The van der Waals surface area contributed by atoms with Crippen molar-refractivity contribution in [1.29, 1.82) is 0 Å². The summed E-state index contributed by atoms with van der Waals surface area (Å²) in [5.41, 5.74) is 0. The molecule has 20 valence electrons. The van der Waals surface area contributed by atoms with Crippen LogP contribution in [0.25, 0.3) is 0 Å². The van der Waals surface area contributed by atoms with Crippen LogP contribution in [-0.4, -0.2) is 4.21 Å². The quantitative estimate of drug-likeness (QED) is 0.429. The van der Waals surface area contributed by atoms with Crippen molar-refractivity contribution in [2.75, 3.05) is 0 Å². The van der Waals surface area contributed by atoms with Crippen molar-refractivity contribution < 1.29 is 0 Å². The molecule has 2 aliphatic rings. The van der Waals surface area contributed by atoms with Gasteiger partial charge in [-0.1, -0.05) is 0 Å². The second kappa shape index (κ2) is 0.402. The zero-order valence-corrected chi connectivity index (χ0v) is 4.47. The zero-order valence-electron chi connectivity index (χ0n) is 1.79. The van der Waals surface area contributed by atoms with Crippen LogP contribution < -0.4 is 0 Å². The van der Waals surface area contributed by atoms with Crippen LogP contribution in [0.15, 0.2) is 0 Å². The first-order chi connectivity index (χ1) is 1.97. The highest BCUT2D eigenvalue weighted by Crippen LogP contribution is 2.80. The Bertz CT molecular complexity index is 114. The van der Waals surface area contributed by atoms with Gasteiger partial charge in [0.1, 0.15) is 0 Å². The van der Waals surface area contributed by atoms with Crippen molar-refractivity contribution in [3.63, 3.8) is 0 Å². The first-order valence-electron chi connectivity index (χ1n) is 1.000. The first-order valence-corrected chi connectivity index (χ1v) is 5.40. The summed E-state index contributed by atoms with van der Waals surface area (Å²) >= 11 is 0. The summed E-state index contributed by atoms with van der Waals surface area (Å²) < 4.78 is 2.43. The Hall–Kier alpha value is 0.860. The monoisotopic (exact) mass is 107 g/mol. The molecule has 4 heteroatoms. The van der Waals surface area contributed by atoms with E-state index in [2.05, 4.69) is 4.21 Å². The molecule has 0 saturated heterocycles. The largest absolute Gasteiger partial charge is 0.143 e. The second-order valence-electron chi connectivity index (χ2n) is 0.716. The van der Waals surface area contributed by atoms with Gasteiger partial charge in [0.05, 0.1) is 0 Å². The normalized spacial score (nSPS) is 61.0. The predicted octanol–water partition coefficient (Wildman–Crippen LogP) is 2.26. The molecule has 0 amide bonds. The molecule has 0 N–H and O–H groups in total. The lowest BCUT2D eigenvalue weighted by atomic mass is 13.8. The van der Waals surface area contributed by atoms with Crippen molar-refractivity contribution in [2.24, 2.45) is 0 Å². The van der Waals surface area contributed by atoms with Gasteiger partial charge in [-0.2, -0.15) is 0 Å². The summed E-state index contributed by atoms with van der Waals surface area (Å²) in [5.74, 6) is 0. The van der Waals surface area contributed by atoms with Crippen molar-refractivity contribution in [3.05, 3.63) is 0 Å². The van der Waals surface area contributed by atoms with Crippen LogP contribution in [0, 0.1) is 0 Å². The Kier molecular flexibility index (Phi) is 0.212. The van der Waals surface area contributed by atoms with Crippen LogP contribution in [0.2, 0.25) is 0 Å². The SMILES string of the molecule is P1=P2=PN12. The van der Waals surface area contributed by atoms with E-state index in [0.717, 1.165) is 0 Å². The standard InChI is InChI=1S/NP3/c2-1-3-4(1)2. The Morgan fingerprint density at radius 2 is 1.75 bits per heavy atom. The molecule has 0 radical (unpaired) electrons. The van der Waals surface area contributed by atoms with Crippen LogP contribution in [-0.2, 0) is 0 Å². The van der Waals surface area contributed by atoms with Crippen LogP contribution >= 0.6 is 22.7 Å². The fourth-order valence-electron chi connectivity index (χ4n) is 0.112. The highest BCUT2D eigenvalue weighted by atomic mass is 32.1. The van der Waals surface area contributed by atoms with E-state index in [9.17, 15) is 0 Å². The van der Waals surface area contributed by atoms with Gasteiger partial charge >= 0.3 is 0 Å². The maximum Gasteiger partial charge on any atom is 0.0475 e. The molecule has 0 unspecified atom stereocenters. The third kappa shape index (κ3) is 0.126. The van der Waals surface area contributed by atoms with Crippen molar-refractivity contribution >= 4 is 22.7 Å². The van der Waals surface area contributed by atoms with E-state index in [1.807, 2.05) is 0 Å². The molecule has 0 atom stereocenters. The van der Waals surface area contributed by atoms with E-state index in [1.165, 1.54) is 0 Å². The lowest BCUT2D eigenvalue weighted by Gasteiger charge is -1.47. The Balaban J connectivity index is 3.39. The number of fused-ring (bicyclic) bond motifs is 1. The van der Waals surface area contributed by atoms with Gasteiger partial charge in [-0.05, 0) is 0 Å². The predicted molar refractivity (Wildman–Crippen MR) is 22.6 cm³/mol. The topological polar surface area (TPSA) is 3.01 Å². The van der Waals surface area contributed by atoms with Gasteiger partial charge in [0.25, 0.3) is 0 Å². The number of rotatable bonds is 0. The maximum atomic E-state index is 2.43. The number of nitrogens with zero attached hydrogens (tertiary/aromatic N) is 1. The van der Waals surface area contributed by atoms with E-state index >= 15 is 0 Å².